The number of aryl methyl sites for hydroxylation is 1. The van der Waals surface area contributed by atoms with Crippen LogP contribution >= 0.6 is 0 Å². The third kappa shape index (κ3) is 3.82. The van der Waals surface area contributed by atoms with Crippen molar-refractivity contribution in [2.45, 2.75) is 33.8 Å². The van der Waals surface area contributed by atoms with Crippen molar-refractivity contribution >= 4 is 0 Å². The molecule has 1 aromatic carbocycles. The molecule has 2 N–H and O–H groups in total. The summed E-state index contributed by atoms with van der Waals surface area (Å²) in [6.07, 6.45) is 2.58. The number of benzene rings is 1. The number of rotatable bonds is 6. The average Bonchev–Trinajstić information content (AvgIpc) is 2.53. The van der Waals surface area contributed by atoms with Crippen molar-refractivity contribution in [3.8, 4) is 5.75 Å². The highest BCUT2D eigenvalue weighted by Gasteiger charge is 2.27. The summed E-state index contributed by atoms with van der Waals surface area (Å²) in [6.45, 7) is 7.02. The van der Waals surface area contributed by atoms with Gasteiger partial charge in [0.15, 0.2) is 0 Å². The molecule has 2 atom stereocenters. The highest BCUT2D eigenvalue weighted by molar-refractivity contribution is 5.48. The summed E-state index contributed by atoms with van der Waals surface area (Å²) >= 11 is 0. The molecule has 0 fully saturated rings. The molecule has 1 aromatic rings. The Balaban J connectivity index is 2.38. The molecule has 0 bridgehead atoms. The smallest absolute Gasteiger partial charge is 0.124 e. The molecule has 0 aliphatic heterocycles. The Labute approximate surface area is 144 Å². The van der Waals surface area contributed by atoms with Crippen molar-refractivity contribution in [1.29, 1.82) is 0 Å². The lowest BCUT2D eigenvalue weighted by molar-refractivity contribution is 0.182. The third-order valence-corrected chi connectivity index (χ3v) is 4.80. The Morgan fingerprint density at radius 2 is 1.62 bits per heavy atom. The van der Waals surface area contributed by atoms with Crippen LogP contribution in [0.5, 0.6) is 5.75 Å². The number of ether oxygens (including phenoxy) is 2. The van der Waals surface area contributed by atoms with Gasteiger partial charge in [0.25, 0.3) is 0 Å². The van der Waals surface area contributed by atoms with Crippen molar-refractivity contribution in [2.75, 3.05) is 20.8 Å². The van der Waals surface area contributed by atoms with Crippen LogP contribution < -0.4 is 0 Å². The number of aliphatic hydroxyl groups excluding tert-OH is 1. The van der Waals surface area contributed by atoms with Crippen LogP contribution in [0, 0.1) is 18.8 Å². The molecule has 0 saturated heterocycles. The molecule has 1 aliphatic rings. The van der Waals surface area contributed by atoms with Gasteiger partial charge < -0.3 is 19.7 Å². The van der Waals surface area contributed by atoms with E-state index in [2.05, 4.69) is 19.9 Å². The summed E-state index contributed by atoms with van der Waals surface area (Å²) in [7, 11) is 3.25. The molecule has 4 nitrogen and oxygen atoms in total. The predicted molar refractivity (Wildman–Crippen MR) is 95.2 cm³/mol. The number of phenolic OH excluding ortho intramolecular Hbond substituents is 1. The van der Waals surface area contributed by atoms with E-state index in [1.807, 2.05) is 19.1 Å². The first-order valence-electron chi connectivity index (χ1n) is 8.31. The van der Waals surface area contributed by atoms with Crippen LogP contribution in [0.15, 0.2) is 35.1 Å². The maximum atomic E-state index is 10.7. The molecule has 0 heterocycles. The fraction of sp³-hybridized carbons (Fsp3) is 0.500. The second-order valence-corrected chi connectivity index (χ2v) is 6.69. The highest BCUT2D eigenvalue weighted by atomic mass is 16.5. The zero-order chi connectivity index (χ0) is 17.9. The summed E-state index contributed by atoms with van der Waals surface area (Å²) < 4.78 is 10.4. The lowest BCUT2D eigenvalue weighted by atomic mass is 9.79. The molecule has 132 valence electrons. The first kappa shape index (κ1) is 18.6. The molecule has 1 aliphatic carbocycles. The minimum Gasteiger partial charge on any atom is -0.508 e. The summed E-state index contributed by atoms with van der Waals surface area (Å²) in [5, 5.41) is 21.2. The summed E-state index contributed by atoms with van der Waals surface area (Å²) in [4.78, 5) is 0. The Hall–Kier alpha value is -1.78. The summed E-state index contributed by atoms with van der Waals surface area (Å²) in [5.41, 5.74) is 4.40. The van der Waals surface area contributed by atoms with Gasteiger partial charge >= 0.3 is 0 Å². The standard InChI is InChI=1S/C20H28O4/c1-12-6-15(19(21)17(7-12)10-23-4)9-16-8-13(2)14(3)18(11-24-5)20(16)22/h6-8,13-14,21-22H,9-11H2,1-5H3. The number of aromatic hydroxyl groups is 1. The van der Waals surface area contributed by atoms with Crippen LogP contribution in [0.4, 0.5) is 0 Å². The minimum absolute atomic E-state index is 0.240. The van der Waals surface area contributed by atoms with Gasteiger partial charge in [0.05, 0.1) is 13.2 Å². The molecule has 4 heteroatoms. The third-order valence-electron chi connectivity index (χ3n) is 4.80. The fourth-order valence-corrected chi connectivity index (χ4v) is 3.32. The molecule has 2 unspecified atom stereocenters. The number of methoxy groups -OCH3 is 2. The molecule has 2 rings (SSSR count). The number of phenols is 1. The molecule has 0 radical (unpaired) electrons. The van der Waals surface area contributed by atoms with E-state index in [-0.39, 0.29) is 11.7 Å². The monoisotopic (exact) mass is 332 g/mol. The van der Waals surface area contributed by atoms with Crippen LogP contribution in [0.3, 0.4) is 0 Å². The Bertz CT molecular complexity index is 658. The lowest BCUT2D eigenvalue weighted by Gasteiger charge is -2.28. The topological polar surface area (TPSA) is 58.9 Å². The van der Waals surface area contributed by atoms with Crippen LogP contribution in [0.25, 0.3) is 0 Å². The maximum absolute atomic E-state index is 10.7. The van der Waals surface area contributed by atoms with E-state index in [1.165, 1.54) is 0 Å². The van der Waals surface area contributed by atoms with Crippen LogP contribution in [0.1, 0.15) is 30.5 Å². The van der Waals surface area contributed by atoms with Crippen molar-refractivity contribution in [3.63, 3.8) is 0 Å². The minimum atomic E-state index is 0.240. The number of hydrogen-bond acceptors (Lipinski definition) is 4. The van der Waals surface area contributed by atoms with E-state index in [1.54, 1.807) is 14.2 Å². The van der Waals surface area contributed by atoms with E-state index < -0.39 is 0 Å². The van der Waals surface area contributed by atoms with E-state index in [0.717, 1.165) is 27.8 Å². The van der Waals surface area contributed by atoms with Crippen LogP contribution in [0.2, 0.25) is 0 Å². The van der Waals surface area contributed by atoms with Crippen molar-refractivity contribution in [1.82, 2.24) is 0 Å². The second-order valence-electron chi connectivity index (χ2n) is 6.69. The van der Waals surface area contributed by atoms with Gasteiger partial charge in [0, 0.05) is 31.8 Å². The van der Waals surface area contributed by atoms with Crippen LogP contribution in [-0.4, -0.2) is 31.0 Å². The first-order chi connectivity index (χ1) is 11.4. The molecular formula is C20H28O4. The predicted octanol–water partition coefficient (Wildman–Crippen LogP) is 4.06. The van der Waals surface area contributed by atoms with Gasteiger partial charge in [-0.3, -0.25) is 0 Å². The van der Waals surface area contributed by atoms with Crippen molar-refractivity contribution in [3.05, 3.63) is 51.8 Å². The quantitative estimate of drug-likeness (QED) is 0.825. The van der Waals surface area contributed by atoms with Gasteiger partial charge in [-0.15, -0.1) is 0 Å². The maximum Gasteiger partial charge on any atom is 0.124 e. The number of aliphatic hydroxyl groups is 1. The largest absolute Gasteiger partial charge is 0.508 e. The normalized spacial score (nSPS) is 21.1. The van der Waals surface area contributed by atoms with Gasteiger partial charge in [-0.2, -0.15) is 0 Å². The van der Waals surface area contributed by atoms with E-state index in [9.17, 15) is 10.2 Å². The highest BCUT2D eigenvalue weighted by Crippen LogP contribution is 2.36. The van der Waals surface area contributed by atoms with Crippen molar-refractivity contribution < 1.29 is 19.7 Å². The lowest BCUT2D eigenvalue weighted by Crippen LogP contribution is -2.21. The van der Waals surface area contributed by atoms with Gasteiger partial charge in [-0.1, -0.05) is 37.6 Å². The number of hydrogen-bond donors (Lipinski definition) is 2. The Morgan fingerprint density at radius 1 is 1.00 bits per heavy atom. The fourth-order valence-electron chi connectivity index (χ4n) is 3.32. The zero-order valence-electron chi connectivity index (χ0n) is 15.2. The molecular weight excluding hydrogens is 304 g/mol. The van der Waals surface area contributed by atoms with E-state index >= 15 is 0 Å². The second kappa shape index (κ2) is 7.86. The van der Waals surface area contributed by atoms with Crippen LogP contribution in [-0.2, 0) is 22.5 Å². The number of allylic oxidation sites excluding steroid dienone is 2. The Morgan fingerprint density at radius 3 is 2.25 bits per heavy atom. The van der Waals surface area contributed by atoms with Gasteiger partial charge in [0.1, 0.15) is 11.5 Å². The summed E-state index contributed by atoms with van der Waals surface area (Å²) in [5.74, 6) is 1.10. The molecule has 0 aromatic heterocycles. The van der Waals surface area contributed by atoms with E-state index in [4.69, 9.17) is 9.47 Å². The van der Waals surface area contributed by atoms with Gasteiger partial charge in [-0.25, -0.2) is 0 Å². The van der Waals surface area contributed by atoms with Gasteiger partial charge in [0.2, 0.25) is 0 Å². The zero-order valence-corrected chi connectivity index (χ0v) is 15.2. The SMILES string of the molecule is COCC1=C(O)C(Cc2cc(C)cc(COC)c2O)=CC(C)C1C. The van der Waals surface area contributed by atoms with Crippen molar-refractivity contribution in [2.24, 2.45) is 11.8 Å². The van der Waals surface area contributed by atoms with Gasteiger partial charge in [-0.05, 0) is 29.9 Å². The molecule has 24 heavy (non-hydrogen) atoms. The molecule has 0 spiro atoms. The Kier molecular flexibility index (Phi) is 6.08. The molecule has 0 amide bonds. The molecule has 0 saturated carbocycles. The summed E-state index contributed by atoms with van der Waals surface area (Å²) in [6, 6.07) is 3.88. The van der Waals surface area contributed by atoms with E-state index in [0.29, 0.717) is 31.3 Å². The first-order valence-corrected chi connectivity index (χ1v) is 8.31. The average molecular weight is 332 g/mol.